The maximum absolute atomic E-state index is 11.2. The average Bonchev–Trinajstić information content (AvgIpc) is 2.69. The van der Waals surface area contributed by atoms with Gasteiger partial charge in [0.25, 0.3) is 0 Å². The molecule has 0 aromatic carbocycles. The molecule has 0 aliphatic carbocycles. The molecule has 86 valence electrons. The van der Waals surface area contributed by atoms with Crippen LogP contribution in [0.5, 0.6) is 0 Å². The number of hydrogen-bond donors (Lipinski definition) is 2. The third-order valence-electron chi connectivity index (χ3n) is 2.07. The first-order valence-corrected chi connectivity index (χ1v) is 6.26. The van der Waals surface area contributed by atoms with E-state index in [2.05, 4.69) is 4.72 Å². The Morgan fingerprint density at radius 2 is 2.27 bits per heavy atom. The van der Waals surface area contributed by atoms with Crippen LogP contribution in [0.1, 0.15) is 19.6 Å². The summed E-state index contributed by atoms with van der Waals surface area (Å²) in [6, 6.07) is 3.23. The second-order valence-electron chi connectivity index (χ2n) is 3.48. The van der Waals surface area contributed by atoms with Gasteiger partial charge in [-0.15, -0.1) is 0 Å². The van der Waals surface area contributed by atoms with Gasteiger partial charge in [-0.05, 0) is 26.0 Å². The predicted molar refractivity (Wildman–Crippen MR) is 55.7 cm³/mol. The smallest absolute Gasteiger partial charge is 0.211 e. The van der Waals surface area contributed by atoms with Crippen molar-refractivity contribution in [2.24, 2.45) is 0 Å². The van der Waals surface area contributed by atoms with Crippen LogP contribution in [-0.2, 0) is 15.6 Å². The van der Waals surface area contributed by atoms with Crippen LogP contribution < -0.4 is 4.72 Å². The standard InChI is InChI=1S/C9H15NO4S/c1-3-15(12,13)10-7-9(2,11)8-5-4-6-14-8/h4-6,10-11H,3,7H2,1-2H3. The van der Waals surface area contributed by atoms with E-state index >= 15 is 0 Å². The molecule has 0 saturated heterocycles. The summed E-state index contributed by atoms with van der Waals surface area (Å²) in [5, 5.41) is 9.91. The lowest BCUT2D eigenvalue weighted by molar-refractivity contribution is 0.0396. The van der Waals surface area contributed by atoms with Gasteiger partial charge in [-0.1, -0.05) is 0 Å². The largest absolute Gasteiger partial charge is 0.466 e. The summed E-state index contributed by atoms with van der Waals surface area (Å²) >= 11 is 0. The Bertz CT molecular complexity index is 394. The highest BCUT2D eigenvalue weighted by molar-refractivity contribution is 7.89. The highest BCUT2D eigenvalue weighted by Gasteiger charge is 2.27. The zero-order valence-electron chi connectivity index (χ0n) is 8.73. The van der Waals surface area contributed by atoms with Crippen LogP contribution in [0.4, 0.5) is 0 Å². The van der Waals surface area contributed by atoms with Crippen molar-refractivity contribution in [2.75, 3.05) is 12.3 Å². The second kappa shape index (κ2) is 4.34. The van der Waals surface area contributed by atoms with Crippen molar-refractivity contribution in [3.05, 3.63) is 24.2 Å². The van der Waals surface area contributed by atoms with Gasteiger partial charge < -0.3 is 9.52 Å². The third kappa shape index (κ3) is 3.33. The summed E-state index contributed by atoms with van der Waals surface area (Å²) in [5.41, 5.74) is -1.33. The number of sulfonamides is 1. The SMILES string of the molecule is CCS(=O)(=O)NCC(C)(O)c1ccco1. The highest BCUT2D eigenvalue weighted by atomic mass is 32.2. The van der Waals surface area contributed by atoms with Gasteiger partial charge in [-0.3, -0.25) is 0 Å². The summed E-state index contributed by atoms with van der Waals surface area (Å²) < 4.78 is 29.6. The molecule has 0 saturated carbocycles. The maximum Gasteiger partial charge on any atom is 0.211 e. The van der Waals surface area contributed by atoms with E-state index < -0.39 is 15.6 Å². The average molecular weight is 233 g/mol. The first-order valence-electron chi connectivity index (χ1n) is 4.61. The summed E-state index contributed by atoms with van der Waals surface area (Å²) in [7, 11) is -3.30. The minimum atomic E-state index is -3.30. The molecule has 5 nitrogen and oxygen atoms in total. The molecule has 1 aromatic heterocycles. The van der Waals surface area contributed by atoms with Crippen molar-refractivity contribution in [1.82, 2.24) is 4.72 Å². The fourth-order valence-electron chi connectivity index (χ4n) is 1.02. The van der Waals surface area contributed by atoms with Crippen molar-refractivity contribution >= 4 is 10.0 Å². The Kier molecular flexibility index (Phi) is 3.54. The monoisotopic (exact) mass is 233 g/mol. The molecule has 0 fully saturated rings. The van der Waals surface area contributed by atoms with Gasteiger partial charge in [0.05, 0.1) is 12.0 Å². The lowest BCUT2D eigenvalue weighted by Gasteiger charge is -2.20. The molecular formula is C9H15NO4S. The molecule has 0 spiro atoms. The van der Waals surface area contributed by atoms with Gasteiger partial charge in [-0.2, -0.15) is 0 Å². The molecule has 0 aliphatic rings. The second-order valence-corrected chi connectivity index (χ2v) is 5.57. The van der Waals surface area contributed by atoms with Gasteiger partial charge in [-0.25, -0.2) is 13.1 Å². The van der Waals surface area contributed by atoms with E-state index in [4.69, 9.17) is 4.42 Å². The molecule has 0 aliphatic heterocycles. The van der Waals surface area contributed by atoms with Gasteiger partial charge >= 0.3 is 0 Å². The van der Waals surface area contributed by atoms with E-state index in [0.29, 0.717) is 5.76 Å². The zero-order chi connectivity index (χ0) is 11.5. The summed E-state index contributed by atoms with van der Waals surface area (Å²) in [6.45, 7) is 2.92. The molecule has 6 heteroatoms. The molecular weight excluding hydrogens is 218 g/mol. The Balaban J connectivity index is 2.66. The summed E-state index contributed by atoms with van der Waals surface area (Å²) in [5.74, 6) is 0.322. The molecule has 0 amide bonds. The third-order valence-corrected chi connectivity index (χ3v) is 3.41. The van der Waals surface area contributed by atoms with Crippen LogP contribution >= 0.6 is 0 Å². The Labute approximate surface area is 89.2 Å². The van der Waals surface area contributed by atoms with Crippen molar-refractivity contribution in [3.8, 4) is 0 Å². The van der Waals surface area contributed by atoms with Crippen LogP contribution in [0, 0.1) is 0 Å². The Hall–Kier alpha value is -0.850. The maximum atomic E-state index is 11.2. The Morgan fingerprint density at radius 1 is 1.60 bits per heavy atom. The molecule has 0 radical (unpaired) electrons. The quantitative estimate of drug-likeness (QED) is 0.772. The minimum Gasteiger partial charge on any atom is -0.466 e. The van der Waals surface area contributed by atoms with Gasteiger partial charge in [0.1, 0.15) is 11.4 Å². The fraction of sp³-hybridized carbons (Fsp3) is 0.556. The summed E-state index contributed by atoms with van der Waals surface area (Å²) in [6.07, 6.45) is 1.43. The number of rotatable bonds is 5. The summed E-state index contributed by atoms with van der Waals surface area (Å²) in [4.78, 5) is 0. The number of furan rings is 1. The van der Waals surface area contributed by atoms with Crippen molar-refractivity contribution in [1.29, 1.82) is 0 Å². The zero-order valence-corrected chi connectivity index (χ0v) is 9.54. The van der Waals surface area contributed by atoms with E-state index in [1.54, 1.807) is 12.1 Å². The van der Waals surface area contributed by atoms with Crippen LogP contribution in [0.15, 0.2) is 22.8 Å². The van der Waals surface area contributed by atoms with Crippen LogP contribution in [0.3, 0.4) is 0 Å². The van der Waals surface area contributed by atoms with Crippen LogP contribution in [0.2, 0.25) is 0 Å². The normalized spacial score (nSPS) is 16.2. The Morgan fingerprint density at radius 3 is 2.73 bits per heavy atom. The molecule has 1 heterocycles. The van der Waals surface area contributed by atoms with Gasteiger partial charge in [0.15, 0.2) is 0 Å². The van der Waals surface area contributed by atoms with E-state index in [0.717, 1.165) is 0 Å². The molecule has 1 atom stereocenters. The molecule has 1 aromatic rings. The number of nitrogens with one attached hydrogen (secondary N) is 1. The molecule has 1 rings (SSSR count). The molecule has 1 unspecified atom stereocenters. The van der Waals surface area contributed by atoms with Crippen molar-refractivity contribution < 1.29 is 17.9 Å². The highest BCUT2D eigenvalue weighted by Crippen LogP contribution is 2.19. The number of aliphatic hydroxyl groups is 1. The lowest BCUT2D eigenvalue weighted by Crippen LogP contribution is -2.38. The topological polar surface area (TPSA) is 79.5 Å². The molecule has 0 bridgehead atoms. The van der Waals surface area contributed by atoms with Gasteiger partial charge in [0, 0.05) is 6.54 Å². The van der Waals surface area contributed by atoms with E-state index in [1.165, 1.54) is 20.1 Å². The van der Waals surface area contributed by atoms with E-state index in [-0.39, 0.29) is 12.3 Å². The van der Waals surface area contributed by atoms with Crippen LogP contribution in [-0.4, -0.2) is 25.8 Å². The van der Waals surface area contributed by atoms with E-state index in [9.17, 15) is 13.5 Å². The number of hydrogen-bond acceptors (Lipinski definition) is 4. The van der Waals surface area contributed by atoms with Crippen molar-refractivity contribution in [3.63, 3.8) is 0 Å². The molecule has 2 N–H and O–H groups in total. The first kappa shape index (κ1) is 12.2. The lowest BCUT2D eigenvalue weighted by atomic mass is 10.1. The minimum absolute atomic E-state index is 0.0127. The fourth-order valence-corrected chi connectivity index (χ4v) is 1.73. The molecule has 15 heavy (non-hydrogen) atoms. The van der Waals surface area contributed by atoms with Crippen molar-refractivity contribution in [2.45, 2.75) is 19.4 Å². The van der Waals surface area contributed by atoms with Gasteiger partial charge in [0.2, 0.25) is 10.0 Å². The predicted octanol–water partition coefficient (Wildman–Crippen LogP) is 0.426. The van der Waals surface area contributed by atoms with E-state index in [1.807, 2.05) is 0 Å². The first-order chi connectivity index (χ1) is 6.87. The van der Waals surface area contributed by atoms with Crippen LogP contribution in [0.25, 0.3) is 0 Å².